The van der Waals surface area contributed by atoms with Gasteiger partial charge in [0.25, 0.3) is 0 Å². The highest BCUT2D eigenvalue weighted by Gasteiger charge is 2.02. The van der Waals surface area contributed by atoms with Gasteiger partial charge in [-0.1, -0.05) is 30.3 Å². The van der Waals surface area contributed by atoms with Crippen LogP contribution in [-0.2, 0) is 6.54 Å². The predicted molar refractivity (Wildman–Crippen MR) is 81.0 cm³/mol. The average Bonchev–Trinajstić information content (AvgIpc) is 2.52. The number of carbonyl (C=O) groups is 1. The number of amides is 1. The van der Waals surface area contributed by atoms with Crippen molar-refractivity contribution in [1.29, 1.82) is 0 Å². The third-order valence-electron chi connectivity index (χ3n) is 2.94. The number of carbonyl (C=O) groups excluding carboxylic acids is 1. The number of nitrogens with two attached hydrogens (primary N) is 1. The van der Waals surface area contributed by atoms with E-state index in [1.54, 1.807) is 12.1 Å². The molecule has 0 saturated heterocycles. The summed E-state index contributed by atoms with van der Waals surface area (Å²) in [6.45, 7) is 2.23. The smallest absolute Gasteiger partial charge is 0.248 e. The molecule has 0 aliphatic heterocycles. The molecule has 110 valence electrons. The summed E-state index contributed by atoms with van der Waals surface area (Å²) in [4.78, 5) is 15.1. The maximum atomic E-state index is 11.0. The Kier molecular flexibility index (Phi) is 5.72. The molecule has 1 heterocycles. The van der Waals surface area contributed by atoms with Gasteiger partial charge in [0.15, 0.2) is 0 Å². The number of pyridine rings is 1. The van der Waals surface area contributed by atoms with Crippen molar-refractivity contribution < 1.29 is 9.53 Å². The molecule has 1 aromatic carbocycles. The van der Waals surface area contributed by atoms with Crippen LogP contribution in [0, 0.1) is 0 Å². The van der Waals surface area contributed by atoms with E-state index in [2.05, 4.69) is 22.4 Å². The Morgan fingerprint density at radius 1 is 1.24 bits per heavy atom. The van der Waals surface area contributed by atoms with Gasteiger partial charge in [0.1, 0.15) is 0 Å². The zero-order valence-electron chi connectivity index (χ0n) is 11.8. The molecule has 5 nitrogen and oxygen atoms in total. The number of nitrogens with one attached hydrogen (secondary N) is 1. The molecule has 1 amide bonds. The molecular weight excluding hydrogens is 266 g/mol. The van der Waals surface area contributed by atoms with Crippen molar-refractivity contribution >= 4 is 5.91 Å². The van der Waals surface area contributed by atoms with Gasteiger partial charge < -0.3 is 15.8 Å². The van der Waals surface area contributed by atoms with Gasteiger partial charge in [-0.25, -0.2) is 4.98 Å². The lowest BCUT2D eigenvalue weighted by atomic mass is 10.2. The van der Waals surface area contributed by atoms with E-state index >= 15 is 0 Å². The minimum absolute atomic E-state index is 0.405. The molecule has 0 fully saturated rings. The monoisotopic (exact) mass is 285 g/mol. The Hall–Kier alpha value is -2.40. The quantitative estimate of drug-likeness (QED) is 0.724. The highest BCUT2D eigenvalue weighted by Crippen LogP contribution is 2.08. The van der Waals surface area contributed by atoms with Crippen LogP contribution < -0.4 is 15.8 Å². The van der Waals surface area contributed by atoms with Gasteiger partial charge in [-0.3, -0.25) is 4.79 Å². The van der Waals surface area contributed by atoms with E-state index in [1.807, 2.05) is 18.2 Å². The van der Waals surface area contributed by atoms with E-state index in [0.717, 1.165) is 19.5 Å². The molecule has 2 rings (SSSR count). The molecule has 5 heteroatoms. The fraction of sp³-hybridized carbons (Fsp3) is 0.250. The highest BCUT2D eigenvalue weighted by atomic mass is 16.5. The maximum Gasteiger partial charge on any atom is 0.248 e. The molecule has 3 N–H and O–H groups in total. The molecule has 21 heavy (non-hydrogen) atoms. The SMILES string of the molecule is NC(=O)c1ccnc(OCCCNCc2ccccc2)c1. The van der Waals surface area contributed by atoms with Gasteiger partial charge in [-0.05, 0) is 24.6 Å². The fourth-order valence-electron chi connectivity index (χ4n) is 1.84. The molecule has 0 atom stereocenters. The number of primary amides is 1. The molecule has 0 radical (unpaired) electrons. The third kappa shape index (κ3) is 5.24. The Bertz CT molecular complexity index is 573. The lowest BCUT2D eigenvalue weighted by Gasteiger charge is -2.07. The number of hydrogen-bond acceptors (Lipinski definition) is 4. The first-order chi connectivity index (χ1) is 10.3. The first-order valence-corrected chi connectivity index (χ1v) is 6.89. The van der Waals surface area contributed by atoms with E-state index in [9.17, 15) is 4.79 Å². The summed E-state index contributed by atoms with van der Waals surface area (Å²) in [5, 5.41) is 3.34. The number of nitrogens with zero attached hydrogens (tertiary/aromatic N) is 1. The third-order valence-corrected chi connectivity index (χ3v) is 2.94. The van der Waals surface area contributed by atoms with Crippen LogP contribution in [0.5, 0.6) is 5.88 Å². The first-order valence-electron chi connectivity index (χ1n) is 6.89. The summed E-state index contributed by atoms with van der Waals surface area (Å²) in [7, 11) is 0. The van der Waals surface area contributed by atoms with Gasteiger partial charge in [0, 0.05) is 24.4 Å². The Morgan fingerprint density at radius 2 is 2.05 bits per heavy atom. The minimum atomic E-state index is -0.480. The normalized spacial score (nSPS) is 10.3. The summed E-state index contributed by atoms with van der Waals surface area (Å²) in [6.07, 6.45) is 2.37. The molecule has 0 aliphatic carbocycles. The number of rotatable bonds is 8. The lowest BCUT2D eigenvalue weighted by Crippen LogP contribution is -2.17. The van der Waals surface area contributed by atoms with E-state index in [4.69, 9.17) is 10.5 Å². The Morgan fingerprint density at radius 3 is 2.81 bits per heavy atom. The Balaban J connectivity index is 1.64. The molecule has 0 unspecified atom stereocenters. The van der Waals surface area contributed by atoms with Crippen LogP contribution in [-0.4, -0.2) is 24.0 Å². The van der Waals surface area contributed by atoms with Crippen molar-refractivity contribution in [3.05, 3.63) is 59.8 Å². The van der Waals surface area contributed by atoms with Gasteiger partial charge in [0.05, 0.1) is 6.61 Å². The molecular formula is C16H19N3O2. The maximum absolute atomic E-state index is 11.0. The van der Waals surface area contributed by atoms with Crippen LogP contribution >= 0.6 is 0 Å². The second kappa shape index (κ2) is 8.01. The second-order valence-corrected chi connectivity index (χ2v) is 4.61. The first kappa shape index (κ1) is 15.0. The summed E-state index contributed by atoms with van der Waals surface area (Å²) in [6, 6.07) is 13.3. The second-order valence-electron chi connectivity index (χ2n) is 4.61. The fourth-order valence-corrected chi connectivity index (χ4v) is 1.84. The highest BCUT2D eigenvalue weighted by molar-refractivity contribution is 5.92. The van der Waals surface area contributed by atoms with Crippen LogP contribution in [0.3, 0.4) is 0 Å². The van der Waals surface area contributed by atoms with Gasteiger partial charge >= 0.3 is 0 Å². The average molecular weight is 285 g/mol. The van der Waals surface area contributed by atoms with Crippen molar-refractivity contribution in [2.45, 2.75) is 13.0 Å². The van der Waals surface area contributed by atoms with Crippen molar-refractivity contribution in [2.24, 2.45) is 5.73 Å². The summed E-state index contributed by atoms with van der Waals surface area (Å²) in [5.74, 6) is -0.0545. The number of hydrogen-bond donors (Lipinski definition) is 2. The predicted octanol–water partition coefficient (Wildman–Crippen LogP) is 1.74. The Labute approximate surface area is 124 Å². The zero-order valence-corrected chi connectivity index (χ0v) is 11.8. The van der Waals surface area contributed by atoms with Crippen molar-refractivity contribution in [1.82, 2.24) is 10.3 Å². The standard InChI is InChI=1S/C16H19N3O2/c17-16(20)14-7-9-19-15(11-14)21-10-4-8-18-12-13-5-2-1-3-6-13/h1-3,5-7,9,11,18H,4,8,10,12H2,(H2,17,20). The van der Waals surface area contributed by atoms with Crippen LogP contribution in [0.2, 0.25) is 0 Å². The minimum Gasteiger partial charge on any atom is -0.478 e. The van der Waals surface area contributed by atoms with Crippen molar-refractivity contribution in [3.63, 3.8) is 0 Å². The molecule has 1 aromatic heterocycles. The molecule has 2 aromatic rings. The number of benzene rings is 1. The van der Waals surface area contributed by atoms with Gasteiger partial charge in [-0.2, -0.15) is 0 Å². The van der Waals surface area contributed by atoms with Crippen LogP contribution in [0.25, 0.3) is 0 Å². The summed E-state index contributed by atoms with van der Waals surface area (Å²) < 4.78 is 5.49. The topological polar surface area (TPSA) is 77.2 Å². The van der Waals surface area contributed by atoms with Crippen LogP contribution in [0.1, 0.15) is 22.3 Å². The zero-order chi connectivity index (χ0) is 14.9. The van der Waals surface area contributed by atoms with Crippen molar-refractivity contribution in [3.8, 4) is 5.88 Å². The van der Waals surface area contributed by atoms with Gasteiger partial charge in [-0.15, -0.1) is 0 Å². The summed E-state index contributed by atoms with van der Waals surface area (Å²) >= 11 is 0. The van der Waals surface area contributed by atoms with Crippen LogP contribution in [0.15, 0.2) is 48.7 Å². The molecule has 0 spiro atoms. The number of ether oxygens (including phenoxy) is 1. The van der Waals surface area contributed by atoms with Crippen molar-refractivity contribution in [2.75, 3.05) is 13.2 Å². The summed E-state index contributed by atoms with van der Waals surface area (Å²) in [5.41, 5.74) is 6.86. The lowest BCUT2D eigenvalue weighted by molar-refractivity contribution is 0.0999. The van der Waals surface area contributed by atoms with E-state index in [0.29, 0.717) is 18.1 Å². The number of aromatic nitrogens is 1. The van der Waals surface area contributed by atoms with Crippen LogP contribution in [0.4, 0.5) is 0 Å². The van der Waals surface area contributed by atoms with Gasteiger partial charge in [0.2, 0.25) is 11.8 Å². The molecule has 0 bridgehead atoms. The van der Waals surface area contributed by atoms with E-state index in [-0.39, 0.29) is 0 Å². The molecule has 0 saturated carbocycles. The van der Waals surface area contributed by atoms with E-state index < -0.39 is 5.91 Å². The molecule has 0 aliphatic rings. The largest absolute Gasteiger partial charge is 0.478 e. The van der Waals surface area contributed by atoms with E-state index in [1.165, 1.54) is 11.8 Å².